The van der Waals surface area contributed by atoms with Crippen molar-refractivity contribution in [1.29, 1.82) is 0 Å². The molecular weight excluding hydrogens is 351 g/mol. The fourth-order valence-electron chi connectivity index (χ4n) is 3.36. The zero-order valence-corrected chi connectivity index (χ0v) is 16.4. The smallest absolute Gasteiger partial charge is 0.159 e. The van der Waals surface area contributed by atoms with Crippen LogP contribution in [-0.2, 0) is 6.42 Å². The molecule has 1 heterocycles. The van der Waals surface area contributed by atoms with Gasteiger partial charge in [-0.3, -0.25) is 0 Å². The van der Waals surface area contributed by atoms with Crippen molar-refractivity contribution in [1.82, 2.24) is 9.97 Å². The summed E-state index contributed by atoms with van der Waals surface area (Å²) in [6.07, 6.45) is 9.08. The second-order valence-electron chi connectivity index (χ2n) is 7.04. The van der Waals surface area contributed by atoms with Gasteiger partial charge in [0.25, 0.3) is 0 Å². The molecule has 0 radical (unpaired) electrons. The molecule has 2 aromatic carbocycles. The summed E-state index contributed by atoms with van der Waals surface area (Å²) >= 11 is 0. The topological polar surface area (TPSA) is 35.0 Å². The molecule has 1 unspecified atom stereocenters. The van der Waals surface area contributed by atoms with Crippen LogP contribution in [0.4, 0.5) is 4.39 Å². The number of aromatic nitrogens is 2. The molecule has 1 atom stereocenters. The second kappa shape index (κ2) is 9.98. The minimum Gasteiger partial charge on any atom is -0.489 e. The predicted octanol–water partition coefficient (Wildman–Crippen LogP) is 6.32. The number of benzene rings is 2. The molecule has 0 spiro atoms. The Bertz CT molecular complexity index is 909. The number of alkyl halides is 1. The third-order valence-electron chi connectivity index (χ3n) is 4.77. The van der Waals surface area contributed by atoms with Crippen LogP contribution in [0.2, 0.25) is 0 Å². The summed E-state index contributed by atoms with van der Waals surface area (Å²) in [6.45, 7) is 5.86. The zero-order chi connectivity index (χ0) is 19.8. The summed E-state index contributed by atoms with van der Waals surface area (Å²) < 4.78 is 19.0. The van der Waals surface area contributed by atoms with E-state index in [2.05, 4.69) is 40.8 Å². The normalized spacial score (nSPS) is 12.1. The fourth-order valence-corrected chi connectivity index (χ4v) is 3.36. The van der Waals surface area contributed by atoms with E-state index < -0.39 is 6.17 Å². The van der Waals surface area contributed by atoms with Crippen molar-refractivity contribution < 1.29 is 9.13 Å². The van der Waals surface area contributed by atoms with Gasteiger partial charge in [-0.25, -0.2) is 14.4 Å². The number of aryl methyl sites for hydroxylation is 1. The van der Waals surface area contributed by atoms with E-state index in [1.807, 2.05) is 12.1 Å². The summed E-state index contributed by atoms with van der Waals surface area (Å²) in [5, 5.41) is 2.18. The second-order valence-corrected chi connectivity index (χ2v) is 7.04. The molecule has 0 bridgehead atoms. The molecule has 3 nitrogen and oxygen atoms in total. The van der Waals surface area contributed by atoms with Gasteiger partial charge in [-0.2, -0.15) is 0 Å². The van der Waals surface area contributed by atoms with Crippen LogP contribution >= 0.6 is 0 Å². The van der Waals surface area contributed by atoms with Gasteiger partial charge in [0.05, 0.1) is 6.17 Å². The van der Waals surface area contributed by atoms with E-state index in [1.165, 1.54) is 5.56 Å². The lowest BCUT2D eigenvalue weighted by Gasteiger charge is -2.14. The van der Waals surface area contributed by atoms with E-state index in [4.69, 9.17) is 4.74 Å². The molecule has 0 aliphatic rings. The van der Waals surface area contributed by atoms with Gasteiger partial charge in [-0.1, -0.05) is 43.7 Å². The Balaban J connectivity index is 1.84. The lowest BCUT2D eigenvalue weighted by molar-refractivity contribution is 0.330. The summed E-state index contributed by atoms with van der Waals surface area (Å²) in [4.78, 5) is 8.67. The highest BCUT2D eigenvalue weighted by Gasteiger charge is 2.11. The van der Waals surface area contributed by atoms with E-state index in [0.717, 1.165) is 47.8 Å². The highest BCUT2D eigenvalue weighted by molar-refractivity contribution is 5.92. The van der Waals surface area contributed by atoms with Crippen LogP contribution in [0.1, 0.15) is 38.2 Å². The lowest BCUT2D eigenvalue weighted by atomic mass is 9.98. The Hall–Kier alpha value is -2.75. The molecule has 0 aliphatic carbocycles. The van der Waals surface area contributed by atoms with Crippen molar-refractivity contribution in [3.63, 3.8) is 0 Å². The maximum Gasteiger partial charge on any atom is 0.159 e. The minimum absolute atomic E-state index is 0.467. The average Bonchev–Trinajstić information content (AvgIpc) is 2.72. The Morgan fingerprint density at radius 1 is 1.11 bits per heavy atom. The first-order valence-corrected chi connectivity index (χ1v) is 9.90. The van der Waals surface area contributed by atoms with Gasteiger partial charge in [-0.15, -0.1) is 0 Å². The first-order chi connectivity index (χ1) is 13.7. The van der Waals surface area contributed by atoms with Gasteiger partial charge in [0.15, 0.2) is 5.82 Å². The van der Waals surface area contributed by atoms with Crippen LogP contribution in [-0.4, -0.2) is 22.7 Å². The van der Waals surface area contributed by atoms with Gasteiger partial charge in [-0.05, 0) is 55.3 Å². The van der Waals surface area contributed by atoms with Gasteiger partial charge in [0.1, 0.15) is 12.4 Å². The molecule has 3 rings (SSSR count). The van der Waals surface area contributed by atoms with Crippen molar-refractivity contribution in [2.24, 2.45) is 0 Å². The molecule has 3 aromatic rings. The van der Waals surface area contributed by atoms with Gasteiger partial charge >= 0.3 is 0 Å². The number of nitrogens with zero attached hydrogens (tertiary/aromatic N) is 2. The third-order valence-corrected chi connectivity index (χ3v) is 4.77. The summed E-state index contributed by atoms with van der Waals surface area (Å²) in [6, 6.07) is 12.3. The van der Waals surface area contributed by atoms with Crippen molar-refractivity contribution in [2.75, 3.05) is 6.61 Å². The molecule has 0 N–H and O–H groups in total. The predicted molar refractivity (Wildman–Crippen MR) is 113 cm³/mol. The van der Waals surface area contributed by atoms with Gasteiger partial charge in [0.2, 0.25) is 0 Å². The Morgan fingerprint density at radius 3 is 2.68 bits per heavy atom. The van der Waals surface area contributed by atoms with Crippen LogP contribution in [0.15, 0.2) is 61.4 Å². The quantitative estimate of drug-likeness (QED) is 0.306. The molecule has 4 heteroatoms. The molecule has 0 amide bonds. The molecule has 0 saturated carbocycles. The van der Waals surface area contributed by atoms with Crippen LogP contribution in [0, 0.1) is 0 Å². The fraction of sp³-hybridized carbons (Fsp3) is 0.333. The Kier molecular flexibility index (Phi) is 7.12. The van der Waals surface area contributed by atoms with Crippen molar-refractivity contribution in [3.8, 4) is 17.1 Å². The van der Waals surface area contributed by atoms with E-state index in [0.29, 0.717) is 18.9 Å². The maximum absolute atomic E-state index is 12.9. The largest absolute Gasteiger partial charge is 0.489 e. The third kappa shape index (κ3) is 5.16. The number of ether oxygens (including phenoxy) is 1. The number of hydrogen-bond donors (Lipinski definition) is 0. The SMILES string of the molecule is C=CCOc1c(CCCCCC(C)F)ccc2cc(-c3ncccn3)ccc12. The summed E-state index contributed by atoms with van der Waals surface area (Å²) in [7, 11) is 0. The van der Waals surface area contributed by atoms with E-state index in [-0.39, 0.29) is 0 Å². The molecule has 0 fully saturated rings. The molecule has 1 aromatic heterocycles. The van der Waals surface area contributed by atoms with E-state index in [1.54, 1.807) is 25.4 Å². The van der Waals surface area contributed by atoms with Crippen molar-refractivity contribution >= 4 is 10.8 Å². The number of halogens is 1. The minimum atomic E-state index is -0.713. The molecule has 0 aliphatic heterocycles. The highest BCUT2D eigenvalue weighted by atomic mass is 19.1. The van der Waals surface area contributed by atoms with Crippen LogP contribution in [0.25, 0.3) is 22.2 Å². The summed E-state index contributed by atoms with van der Waals surface area (Å²) in [5.41, 5.74) is 2.17. The highest BCUT2D eigenvalue weighted by Crippen LogP contribution is 2.33. The number of fused-ring (bicyclic) bond motifs is 1. The van der Waals surface area contributed by atoms with E-state index in [9.17, 15) is 4.39 Å². The maximum atomic E-state index is 12.9. The monoisotopic (exact) mass is 378 g/mol. The van der Waals surface area contributed by atoms with Gasteiger partial charge < -0.3 is 4.74 Å². The summed E-state index contributed by atoms with van der Waals surface area (Å²) in [5.74, 6) is 1.63. The standard InChI is InChI=1S/C24H27FN2O/c1-3-16-28-23-19(9-6-4-5-8-18(2)25)10-11-20-17-21(12-13-22(20)23)24-26-14-7-15-27-24/h3,7,10-15,17-18H,1,4-6,8-9,16H2,2H3. The molecule has 0 saturated heterocycles. The van der Waals surface area contributed by atoms with Crippen LogP contribution in [0.5, 0.6) is 5.75 Å². The first-order valence-electron chi connectivity index (χ1n) is 9.90. The molecular formula is C24H27FN2O. The number of unbranched alkanes of at least 4 members (excludes halogenated alkanes) is 2. The first kappa shape index (κ1) is 20.0. The molecule has 28 heavy (non-hydrogen) atoms. The van der Waals surface area contributed by atoms with E-state index >= 15 is 0 Å². The van der Waals surface area contributed by atoms with Crippen LogP contribution < -0.4 is 4.74 Å². The van der Waals surface area contributed by atoms with Crippen LogP contribution in [0.3, 0.4) is 0 Å². The Morgan fingerprint density at radius 2 is 1.93 bits per heavy atom. The van der Waals surface area contributed by atoms with Crippen molar-refractivity contribution in [3.05, 3.63) is 67.0 Å². The number of hydrogen-bond acceptors (Lipinski definition) is 3. The lowest BCUT2D eigenvalue weighted by Crippen LogP contribution is -2.00. The zero-order valence-electron chi connectivity index (χ0n) is 16.4. The average molecular weight is 378 g/mol. The number of rotatable bonds is 10. The van der Waals surface area contributed by atoms with Crippen molar-refractivity contribution in [2.45, 2.75) is 45.2 Å². The Labute approximate surface area is 166 Å². The molecule has 146 valence electrons. The van der Waals surface area contributed by atoms with Gasteiger partial charge in [0, 0.05) is 23.3 Å².